The summed E-state index contributed by atoms with van der Waals surface area (Å²) in [6, 6.07) is 6.65. The normalized spacial score (nSPS) is 21.3. The summed E-state index contributed by atoms with van der Waals surface area (Å²) in [4.78, 5) is 0. The molecule has 0 amide bonds. The van der Waals surface area contributed by atoms with Crippen molar-refractivity contribution >= 4 is 11.8 Å². The fourth-order valence-electron chi connectivity index (χ4n) is 3.54. The number of nitrogens with one attached hydrogen (secondary N) is 1. The summed E-state index contributed by atoms with van der Waals surface area (Å²) in [7, 11) is 0. The van der Waals surface area contributed by atoms with Crippen LogP contribution >= 0.6 is 0 Å². The summed E-state index contributed by atoms with van der Waals surface area (Å²) >= 11 is 0. The standard InChI is InChI=1S/C17H23N/c1-13-7-5-8-14-9-6-10-15(16(13)14)18-17(2)11-3-4-12-17/h5,7-9,18H,3-4,6,10-12H2,1-2H3. The zero-order valence-electron chi connectivity index (χ0n) is 11.6. The predicted molar refractivity (Wildman–Crippen MR) is 77.5 cm³/mol. The van der Waals surface area contributed by atoms with Crippen molar-refractivity contribution in [1.82, 2.24) is 5.32 Å². The molecule has 0 radical (unpaired) electrons. The molecule has 1 fully saturated rings. The molecule has 0 unspecified atom stereocenters. The van der Waals surface area contributed by atoms with E-state index in [0.717, 1.165) is 0 Å². The maximum Gasteiger partial charge on any atom is 0.0342 e. The first-order valence-corrected chi connectivity index (χ1v) is 7.25. The summed E-state index contributed by atoms with van der Waals surface area (Å²) in [5, 5.41) is 6.78. The monoisotopic (exact) mass is 241 g/mol. The van der Waals surface area contributed by atoms with Gasteiger partial charge >= 0.3 is 0 Å². The fraction of sp³-hybridized carbons (Fsp3) is 0.529. The molecule has 1 saturated carbocycles. The molecular weight excluding hydrogens is 218 g/mol. The molecule has 18 heavy (non-hydrogen) atoms. The lowest BCUT2D eigenvalue weighted by atomic mass is 9.96. The molecule has 2 aliphatic carbocycles. The van der Waals surface area contributed by atoms with Gasteiger partial charge in [0.1, 0.15) is 0 Å². The van der Waals surface area contributed by atoms with Gasteiger partial charge in [0, 0.05) is 16.5 Å². The minimum atomic E-state index is 0.340. The fourth-order valence-corrected chi connectivity index (χ4v) is 3.54. The van der Waals surface area contributed by atoms with Crippen molar-refractivity contribution in [2.45, 2.75) is 57.9 Å². The van der Waals surface area contributed by atoms with Crippen LogP contribution in [-0.2, 0) is 0 Å². The second-order valence-corrected chi connectivity index (χ2v) is 6.15. The van der Waals surface area contributed by atoms with Crippen LogP contribution in [0, 0.1) is 6.92 Å². The summed E-state index contributed by atoms with van der Waals surface area (Å²) < 4.78 is 0. The third-order valence-corrected chi connectivity index (χ3v) is 4.53. The van der Waals surface area contributed by atoms with E-state index in [-0.39, 0.29) is 0 Å². The van der Waals surface area contributed by atoms with Crippen LogP contribution in [0.3, 0.4) is 0 Å². The molecule has 1 aromatic carbocycles. The van der Waals surface area contributed by atoms with Crippen LogP contribution in [0.15, 0.2) is 18.2 Å². The molecule has 1 nitrogen and oxygen atoms in total. The van der Waals surface area contributed by atoms with Gasteiger partial charge in [-0.15, -0.1) is 0 Å². The number of fused-ring (bicyclic) bond motifs is 1. The SMILES string of the molecule is Cc1cccc2c1=C(NC1(C)CCCC1)CCC=2. The summed E-state index contributed by atoms with van der Waals surface area (Å²) in [6.07, 6.45) is 10.1. The molecule has 1 aromatic rings. The predicted octanol–water partition coefficient (Wildman–Crippen LogP) is 2.60. The Morgan fingerprint density at radius 2 is 1.94 bits per heavy atom. The number of benzene rings is 1. The number of rotatable bonds is 2. The second kappa shape index (κ2) is 4.46. The molecule has 3 rings (SSSR count). The van der Waals surface area contributed by atoms with Gasteiger partial charge in [-0.1, -0.05) is 37.1 Å². The minimum Gasteiger partial charge on any atom is -0.383 e. The largest absolute Gasteiger partial charge is 0.383 e. The van der Waals surface area contributed by atoms with E-state index in [1.165, 1.54) is 60.2 Å². The maximum atomic E-state index is 3.89. The van der Waals surface area contributed by atoms with Crippen molar-refractivity contribution in [3.8, 4) is 0 Å². The molecule has 1 heteroatoms. The molecule has 0 bridgehead atoms. The van der Waals surface area contributed by atoms with Gasteiger partial charge in [0.25, 0.3) is 0 Å². The second-order valence-electron chi connectivity index (χ2n) is 6.15. The lowest BCUT2D eigenvalue weighted by Crippen LogP contribution is -2.44. The molecule has 1 N–H and O–H groups in total. The maximum absolute atomic E-state index is 3.89. The molecule has 0 saturated heterocycles. The van der Waals surface area contributed by atoms with Crippen LogP contribution in [0.5, 0.6) is 0 Å². The quantitative estimate of drug-likeness (QED) is 0.839. The van der Waals surface area contributed by atoms with E-state index < -0.39 is 0 Å². The van der Waals surface area contributed by atoms with Crippen molar-refractivity contribution in [3.05, 3.63) is 34.2 Å². The van der Waals surface area contributed by atoms with Gasteiger partial charge in [-0.2, -0.15) is 0 Å². The van der Waals surface area contributed by atoms with Gasteiger partial charge in [0.15, 0.2) is 0 Å². The molecule has 0 aromatic heterocycles. The highest BCUT2D eigenvalue weighted by Gasteiger charge is 2.29. The molecule has 0 atom stereocenters. The first-order valence-electron chi connectivity index (χ1n) is 7.25. The Kier molecular flexibility index (Phi) is 2.93. The smallest absolute Gasteiger partial charge is 0.0342 e. The van der Waals surface area contributed by atoms with Crippen LogP contribution in [0.2, 0.25) is 0 Å². The molecule has 2 aliphatic rings. The molecular formula is C17H23N. The minimum absolute atomic E-state index is 0.340. The van der Waals surface area contributed by atoms with Crippen molar-refractivity contribution < 1.29 is 0 Å². The van der Waals surface area contributed by atoms with Gasteiger partial charge in [0.2, 0.25) is 0 Å². The van der Waals surface area contributed by atoms with E-state index in [1.807, 2.05) is 0 Å². The number of hydrogen-bond acceptors (Lipinski definition) is 1. The molecule has 0 heterocycles. The van der Waals surface area contributed by atoms with Crippen molar-refractivity contribution in [3.63, 3.8) is 0 Å². The van der Waals surface area contributed by atoms with Crippen LogP contribution in [0.1, 0.15) is 51.0 Å². The van der Waals surface area contributed by atoms with Crippen LogP contribution in [0.4, 0.5) is 0 Å². The van der Waals surface area contributed by atoms with E-state index in [9.17, 15) is 0 Å². The highest BCUT2D eigenvalue weighted by Crippen LogP contribution is 2.30. The number of aryl methyl sites for hydroxylation is 1. The first-order chi connectivity index (χ1) is 8.68. The van der Waals surface area contributed by atoms with E-state index in [4.69, 9.17) is 0 Å². The average Bonchev–Trinajstić information content (AvgIpc) is 2.76. The Balaban J connectivity index is 2.07. The van der Waals surface area contributed by atoms with Gasteiger partial charge < -0.3 is 5.32 Å². The third kappa shape index (κ3) is 2.07. The first kappa shape index (κ1) is 11.8. The lowest BCUT2D eigenvalue weighted by molar-refractivity contribution is 0.417. The number of hydrogen-bond donors (Lipinski definition) is 1. The van der Waals surface area contributed by atoms with Crippen molar-refractivity contribution in [2.75, 3.05) is 0 Å². The Labute approximate surface area is 110 Å². The summed E-state index contributed by atoms with van der Waals surface area (Å²) in [5.41, 5.74) is 3.23. The Bertz CT molecular complexity index is 562. The van der Waals surface area contributed by atoms with E-state index in [2.05, 4.69) is 43.4 Å². The van der Waals surface area contributed by atoms with Crippen molar-refractivity contribution in [1.29, 1.82) is 0 Å². The molecule has 96 valence electrons. The Hall–Kier alpha value is -1.24. The highest BCUT2D eigenvalue weighted by molar-refractivity contribution is 5.52. The zero-order chi connectivity index (χ0) is 12.6. The van der Waals surface area contributed by atoms with Crippen LogP contribution in [-0.4, -0.2) is 5.54 Å². The van der Waals surface area contributed by atoms with E-state index in [0.29, 0.717) is 5.54 Å². The van der Waals surface area contributed by atoms with Crippen molar-refractivity contribution in [2.24, 2.45) is 0 Å². The summed E-state index contributed by atoms with van der Waals surface area (Å²) in [5.74, 6) is 0. The molecule has 0 spiro atoms. The van der Waals surface area contributed by atoms with Gasteiger partial charge in [-0.25, -0.2) is 0 Å². The van der Waals surface area contributed by atoms with Gasteiger partial charge in [-0.3, -0.25) is 0 Å². The van der Waals surface area contributed by atoms with Crippen LogP contribution in [0.25, 0.3) is 11.8 Å². The Morgan fingerprint density at radius 1 is 1.17 bits per heavy atom. The highest BCUT2D eigenvalue weighted by atomic mass is 15.0. The van der Waals surface area contributed by atoms with Gasteiger partial charge in [0.05, 0.1) is 0 Å². The van der Waals surface area contributed by atoms with Crippen LogP contribution < -0.4 is 15.8 Å². The Morgan fingerprint density at radius 3 is 2.72 bits per heavy atom. The zero-order valence-corrected chi connectivity index (χ0v) is 11.6. The van der Waals surface area contributed by atoms with E-state index in [1.54, 1.807) is 0 Å². The topological polar surface area (TPSA) is 12.0 Å². The lowest BCUT2D eigenvalue weighted by Gasteiger charge is -2.29. The average molecular weight is 241 g/mol. The summed E-state index contributed by atoms with van der Waals surface area (Å²) in [6.45, 7) is 4.62. The van der Waals surface area contributed by atoms with Gasteiger partial charge in [-0.05, 0) is 50.3 Å². The molecule has 0 aliphatic heterocycles. The van der Waals surface area contributed by atoms with E-state index >= 15 is 0 Å². The third-order valence-electron chi connectivity index (χ3n) is 4.53.